The molecule has 2 aromatic carbocycles. The van der Waals surface area contributed by atoms with E-state index in [1.807, 2.05) is 30.3 Å². The second kappa shape index (κ2) is 8.09. The molecular weight excluding hydrogens is 370 g/mol. The second-order valence-corrected chi connectivity index (χ2v) is 7.23. The maximum absolute atomic E-state index is 12.9. The van der Waals surface area contributed by atoms with E-state index in [9.17, 15) is 14.7 Å². The number of carbonyl (C=O) groups excluding carboxylic acids is 2. The summed E-state index contributed by atoms with van der Waals surface area (Å²) in [5.41, 5.74) is 1.34. The Kier molecular flexibility index (Phi) is 5.36. The van der Waals surface area contributed by atoms with Crippen LogP contribution in [-0.4, -0.2) is 48.1 Å². The van der Waals surface area contributed by atoms with Crippen LogP contribution in [0.2, 0.25) is 0 Å². The van der Waals surface area contributed by atoms with Crippen molar-refractivity contribution in [3.8, 4) is 5.75 Å². The summed E-state index contributed by atoms with van der Waals surface area (Å²) >= 11 is 0. The van der Waals surface area contributed by atoms with Crippen molar-refractivity contribution in [1.82, 2.24) is 4.90 Å². The fraction of sp³-hybridized carbons (Fsp3) is 0.304. The first-order valence-corrected chi connectivity index (χ1v) is 9.69. The molecule has 1 amide bonds. The van der Waals surface area contributed by atoms with E-state index < -0.39 is 17.7 Å². The Hall–Kier alpha value is -3.12. The predicted molar refractivity (Wildman–Crippen MR) is 107 cm³/mol. The van der Waals surface area contributed by atoms with Crippen LogP contribution in [0.25, 0.3) is 5.76 Å². The summed E-state index contributed by atoms with van der Waals surface area (Å²) in [7, 11) is 1.56. The minimum atomic E-state index is -0.676. The first-order valence-electron chi connectivity index (χ1n) is 9.69. The van der Waals surface area contributed by atoms with Crippen LogP contribution < -0.4 is 4.74 Å². The van der Waals surface area contributed by atoms with Crippen LogP contribution in [0.15, 0.2) is 60.2 Å². The molecule has 2 aliphatic rings. The molecule has 0 radical (unpaired) electrons. The summed E-state index contributed by atoms with van der Waals surface area (Å²) in [6.45, 7) is 0.986. The molecule has 0 aliphatic carbocycles. The lowest BCUT2D eigenvalue weighted by Crippen LogP contribution is -2.36. The van der Waals surface area contributed by atoms with Crippen LogP contribution in [0.5, 0.6) is 5.75 Å². The third-order valence-electron chi connectivity index (χ3n) is 5.44. The highest BCUT2D eigenvalue weighted by Crippen LogP contribution is 2.40. The molecule has 0 aromatic heterocycles. The van der Waals surface area contributed by atoms with Gasteiger partial charge in [-0.3, -0.25) is 9.59 Å². The molecule has 2 atom stereocenters. The maximum atomic E-state index is 12.9. The van der Waals surface area contributed by atoms with Gasteiger partial charge < -0.3 is 19.5 Å². The van der Waals surface area contributed by atoms with Crippen molar-refractivity contribution in [2.75, 3.05) is 20.3 Å². The van der Waals surface area contributed by atoms with Crippen LogP contribution in [-0.2, 0) is 14.3 Å². The van der Waals surface area contributed by atoms with E-state index in [1.54, 1.807) is 31.4 Å². The van der Waals surface area contributed by atoms with E-state index >= 15 is 0 Å². The number of ether oxygens (including phenoxy) is 2. The minimum Gasteiger partial charge on any atom is -0.507 e. The summed E-state index contributed by atoms with van der Waals surface area (Å²) in [5.74, 6) is -0.829. The molecule has 0 saturated carbocycles. The molecule has 6 heteroatoms. The zero-order valence-electron chi connectivity index (χ0n) is 16.2. The number of Topliss-reactive ketones (excluding diaryl/α,β-unsaturated/α-hetero) is 1. The van der Waals surface area contributed by atoms with Gasteiger partial charge in [0.1, 0.15) is 11.5 Å². The molecule has 2 aromatic rings. The Morgan fingerprint density at radius 1 is 1.14 bits per heavy atom. The van der Waals surface area contributed by atoms with Crippen LogP contribution in [0.4, 0.5) is 0 Å². The zero-order valence-corrected chi connectivity index (χ0v) is 16.2. The van der Waals surface area contributed by atoms with Gasteiger partial charge in [0.25, 0.3) is 11.7 Å². The van der Waals surface area contributed by atoms with E-state index in [0.29, 0.717) is 24.5 Å². The normalized spacial score (nSPS) is 23.6. The van der Waals surface area contributed by atoms with Gasteiger partial charge in [-0.25, -0.2) is 0 Å². The van der Waals surface area contributed by atoms with Gasteiger partial charge in [-0.1, -0.05) is 30.3 Å². The predicted octanol–water partition coefficient (Wildman–Crippen LogP) is 3.30. The minimum absolute atomic E-state index is 0.0968. The summed E-state index contributed by atoms with van der Waals surface area (Å²) in [6, 6.07) is 15.4. The Morgan fingerprint density at radius 2 is 1.86 bits per heavy atom. The Labute approximate surface area is 169 Å². The van der Waals surface area contributed by atoms with Gasteiger partial charge in [-0.2, -0.15) is 0 Å². The lowest BCUT2D eigenvalue weighted by Gasteiger charge is -2.27. The number of carbonyl (C=O) groups is 2. The van der Waals surface area contributed by atoms with Gasteiger partial charge in [0.2, 0.25) is 0 Å². The van der Waals surface area contributed by atoms with Crippen molar-refractivity contribution in [3.05, 3.63) is 71.3 Å². The smallest absolute Gasteiger partial charge is 0.295 e. The van der Waals surface area contributed by atoms with Crippen LogP contribution in [0.3, 0.4) is 0 Å². The van der Waals surface area contributed by atoms with E-state index in [2.05, 4.69) is 0 Å². The van der Waals surface area contributed by atoms with Crippen molar-refractivity contribution in [1.29, 1.82) is 0 Å². The number of rotatable bonds is 5. The molecule has 4 rings (SSSR count). The topological polar surface area (TPSA) is 76.1 Å². The highest BCUT2D eigenvalue weighted by atomic mass is 16.5. The molecule has 0 bridgehead atoms. The fourth-order valence-electron chi connectivity index (χ4n) is 3.96. The molecular formula is C23H23NO5. The first kappa shape index (κ1) is 19.2. The van der Waals surface area contributed by atoms with Crippen molar-refractivity contribution in [2.45, 2.75) is 25.0 Å². The third kappa shape index (κ3) is 3.63. The lowest BCUT2D eigenvalue weighted by atomic mass is 9.95. The SMILES string of the molecule is COc1ccc(C(O)=C2C(=O)C(=O)N(C[C@@H]3CCCO3)[C@@H]2c2ccccc2)cc1. The Morgan fingerprint density at radius 3 is 2.48 bits per heavy atom. The number of likely N-dealkylation sites (tertiary alicyclic amines) is 1. The third-order valence-corrected chi connectivity index (χ3v) is 5.44. The number of amides is 1. The summed E-state index contributed by atoms with van der Waals surface area (Å²) < 4.78 is 10.8. The van der Waals surface area contributed by atoms with Gasteiger partial charge in [0.15, 0.2) is 0 Å². The highest BCUT2D eigenvalue weighted by molar-refractivity contribution is 6.46. The molecule has 2 aliphatic heterocycles. The number of benzene rings is 2. The molecule has 2 saturated heterocycles. The Bertz CT molecular complexity index is 930. The maximum Gasteiger partial charge on any atom is 0.295 e. The van der Waals surface area contributed by atoms with Crippen molar-refractivity contribution in [3.63, 3.8) is 0 Å². The molecule has 0 spiro atoms. The van der Waals surface area contributed by atoms with E-state index in [-0.39, 0.29) is 17.4 Å². The monoisotopic (exact) mass is 393 g/mol. The number of ketones is 1. The van der Waals surface area contributed by atoms with Crippen molar-refractivity contribution < 1.29 is 24.2 Å². The molecule has 29 heavy (non-hydrogen) atoms. The molecule has 2 fully saturated rings. The highest BCUT2D eigenvalue weighted by Gasteiger charge is 2.46. The number of hydrogen-bond acceptors (Lipinski definition) is 5. The number of nitrogens with zero attached hydrogens (tertiary/aromatic N) is 1. The number of hydrogen-bond donors (Lipinski definition) is 1. The first-order chi connectivity index (χ1) is 14.1. The van der Waals surface area contributed by atoms with Crippen LogP contribution in [0, 0.1) is 0 Å². The van der Waals surface area contributed by atoms with Gasteiger partial charge in [-0.15, -0.1) is 0 Å². The number of methoxy groups -OCH3 is 1. The zero-order chi connectivity index (χ0) is 20.4. The van der Waals surface area contributed by atoms with Gasteiger partial charge in [0.05, 0.1) is 24.8 Å². The number of aliphatic hydroxyl groups is 1. The molecule has 150 valence electrons. The Balaban J connectivity index is 1.79. The van der Waals surface area contributed by atoms with E-state index in [0.717, 1.165) is 18.4 Å². The van der Waals surface area contributed by atoms with Crippen LogP contribution >= 0.6 is 0 Å². The average Bonchev–Trinajstić information content (AvgIpc) is 3.36. The summed E-state index contributed by atoms with van der Waals surface area (Å²) in [4.78, 5) is 27.3. The summed E-state index contributed by atoms with van der Waals surface area (Å²) in [5, 5.41) is 11.0. The van der Waals surface area contributed by atoms with Crippen molar-refractivity contribution >= 4 is 17.4 Å². The quantitative estimate of drug-likeness (QED) is 0.479. The van der Waals surface area contributed by atoms with E-state index in [4.69, 9.17) is 9.47 Å². The van der Waals surface area contributed by atoms with Gasteiger partial charge >= 0.3 is 0 Å². The van der Waals surface area contributed by atoms with Crippen molar-refractivity contribution in [2.24, 2.45) is 0 Å². The second-order valence-electron chi connectivity index (χ2n) is 7.23. The molecule has 1 N–H and O–H groups in total. The average molecular weight is 393 g/mol. The van der Waals surface area contributed by atoms with Gasteiger partial charge in [-0.05, 0) is 42.7 Å². The fourth-order valence-corrected chi connectivity index (χ4v) is 3.96. The lowest BCUT2D eigenvalue weighted by molar-refractivity contribution is -0.140. The standard InChI is InChI=1S/C23H23NO5/c1-28-17-11-9-16(10-12-17)21(25)19-20(15-6-3-2-4-7-15)24(23(27)22(19)26)14-18-8-5-13-29-18/h2-4,6-7,9-12,18,20,25H,5,8,13-14H2,1H3/t18-,20+/m0/s1. The van der Waals surface area contributed by atoms with Crippen LogP contribution in [0.1, 0.15) is 30.0 Å². The van der Waals surface area contributed by atoms with E-state index in [1.165, 1.54) is 4.90 Å². The largest absolute Gasteiger partial charge is 0.507 e. The molecule has 2 heterocycles. The summed E-state index contributed by atoms with van der Waals surface area (Å²) in [6.07, 6.45) is 1.69. The molecule has 0 unspecified atom stereocenters. The van der Waals surface area contributed by atoms with Gasteiger partial charge in [0, 0.05) is 18.7 Å². The molecule has 6 nitrogen and oxygen atoms in total. The number of aliphatic hydroxyl groups excluding tert-OH is 1.